The number of amides is 1. The van der Waals surface area contributed by atoms with E-state index in [0.717, 1.165) is 16.5 Å². The Morgan fingerprint density at radius 2 is 1.80 bits per heavy atom. The zero-order chi connectivity index (χ0) is 18.0. The first kappa shape index (κ1) is 17.0. The van der Waals surface area contributed by atoms with Crippen molar-refractivity contribution < 1.29 is 17.9 Å². The van der Waals surface area contributed by atoms with Gasteiger partial charge >= 0.3 is 6.09 Å². The summed E-state index contributed by atoms with van der Waals surface area (Å²) in [7, 11) is -3.72. The number of benzene rings is 2. The topological polar surface area (TPSA) is 91.4 Å². The van der Waals surface area contributed by atoms with Gasteiger partial charge in [-0.15, -0.1) is 0 Å². The molecule has 0 fully saturated rings. The quantitative estimate of drug-likeness (QED) is 0.759. The summed E-state index contributed by atoms with van der Waals surface area (Å²) in [5.41, 5.74) is 7.31. The molecule has 6 nitrogen and oxygen atoms in total. The number of nitrogens with two attached hydrogens (primary N) is 1. The van der Waals surface area contributed by atoms with E-state index >= 15 is 0 Å². The Hall–Kier alpha value is -2.80. The lowest BCUT2D eigenvalue weighted by Crippen LogP contribution is -2.14. The van der Waals surface area contributed by atoms with E-state index in [0.29, 0.717) is 11.9 Å². The predicted molar refractivity (Wildman–Crippen MR) is 94.9 cm³/mol. The Kier molecular flexibility index (Phi) is 4.50. The lowest BCUT2D eigenvalue weighted by Gasteiger charge is -2.07. The highest BCUT2D eigenvalue weighted by molar-refractivity contribution is 7.90. The van der Waals surface area contributed by atoms with E-state index in [-0.39, 0.29) is 11.5 Å². The number of hydrogen-bond acceptors (Lipinski definition) is 4. The van der Waals surface area contributed by atoms with E-state index in [4.69, 9.17) is 10.5 Å². The van der Waals surface area contributed by atoms with Crippen LogP contribution < -0.4 is 5.73 Å². The maximum absolute atomic E-state index is 13.0. The molecule has 0 saturated carbocycles. The predicted octanol–water partition coefficient (Wildman–Crippen LogP) is 2.82. The van der Waals surface area contributed by atoms with Crippen molar-refractivity contribution in [2.75, 3.05) is 6.61 Å². The van der Waals surface area contributed by atoms with E-state index in [1.807, 2.05) is 19.1 Å². The number of aryl methyl sites for hydroxylation is 1. The zero-order valence-corrected chi connectivity index (χ0v) is 14.5. The monoisotopic (exact) mass is 358 g/mol. The number of ether oxygens (including phenoxy) is 1. The van der Waals surface area contributed by atoms with Crippen LogP contribution in [-0.2, 0) is 21.2 Å². The summed E-state index contributed by atoms with van der Waals surface area (Å²) in [6, 6.07) is 13.9. The van der Waals surface area contributed by atoms with Gasteiger partial charge in [0.25, 0.3) is 10.0 Å². The van der Waals surface area contributed by atoms with Crippen molar-refractivity contribution in [3.8, 4) is 0 Å². The molecule has 0 saturated heterocycles. The summed E-state index contributed by atoms with van der Waals surface area (Å²) in [4.78, 5) is 11.0. The summed E-state index contributed by atoms with van der Waals surface area (Å²) < 4.78 is 32.1. The summed E-state index contributed by atoms with van der Waals surface area (Å²) in [6.45, 7) is 1.99. The first-order valence-electron chi connectivity index (χ1n) is 7.73. The first-order chi connectivity index (χ1) is 11.9. The van der Waals surface area contributed by atoms with Crippen LogP contribution in [0.5, 0.6) is 0 Å². The third kappa shape index (κ3) is 3.36. The molecule has 130 valence electrons. The standard InChI is InChI=1S/C18H18N2O4S/c1-13-6-8-15(9-7-13)25(22,23)20-12-14(10-11-24-18(19)21)16-4-2-3-5-17(16)20/h2-9,12H,10-11H2,1H3,(H2,19,21). The molecule has 0 spiro atoms. The van der Waals surface area contributed by atoms with Crippen molar-refractivity contribution in [3.05, 3.63) is 65.9 Å². The van der Waals surface area contributed by atoms with Crippen molar-refractivity contribution in [3.63, 3.8) is 0 Å². The number of primary amides is 1. The van der Waals surface area contributed by atoms with Crippen LogP contribution in [-0.4, -0.2) is 25.1 Å². The van der Waals surface area contributed by atoms with Crippen LogP contribution in [0.2, 0.25) is 0 Å². The maximum atomic E-state index is 13.0. The molecule has 0 aliphatic carbocycles. The minimum absolute atomic E-state index is 0.0912. The number of para-hydroxylation sites is 1. The Morgan fingerprint density at radius 3 is 2.48 bits per heavy atom. The van der Waals surface area contributed by atoms with Crippen LogP contribution >= 0.6 is 0 Å². The maximum Gasteiger partial charge on any atom is 0.404 e. The Morgan fingerprint density at radius 1 is 1.12 bits per heavy atom. The van der Waals surface area contributed by atoms with Crippen molar-refractivity contribution in [1.82, 2.24) is 3.97 Å². The summed E-state index contributed by atoms with van der Waals surface area (Å²) >= 11 is 0. The highest BCUT2D eigenvalue weighted by atomic mass is 32.2. The second-order valence-electron chi connectivity index (χ2n) is 5.70. The molecule has 7 heteroatoms. The number of fused-ring (bicyclic) bond motifs is 1. The largest absolute Gasteiger partial charge is 0.449 e. The van der Waals surface area contributed by atoms with Gasteiger partial charge in [0.05, 0.1) is 17.0 Å². The molecular formula is C18H18N2O4S. The molecule has 2 aromatic carbocycles. The second-order valence-corrected chi connectivity index (χ2v) is 7.52. The SMILES string of the molecule is Cc1ccc(S(=O)(=O)n2cc(CCOC(N)=O)c3ccccc32)cc1. The van der Waals surface area contributed by atoms with Gasteiger partial charge in [0.15, 0.2) is 0 Å². The Labute approximate surface area is 145 Å². The Balaban J connectivity index is 2.07. The molecule has 0 aliphatic heterocycles. The number of carbonyl (C=O) groups is 1. The molecule has 25 heavy (non-hydrogen) atoms. The second kappa shape index (κ2) is 6.60. The Bertz CT molecular complexity index is 1020. The molecule has 0 bridgehead atoms. The van der Waals surface area contributed by atoms with Gasteiger partial charge in [0.2, 0.25) is 0 Å². The van der Waals surface area contributed by atoms with Gasteiger partial charge in [-0.05, 0) is 30.7 Å². The average molecular weight is 358 g/mol. The van der Waals surface area contributed by atoms with Gasteiger partial charge in [-0.25, -0.2) is 17.2 Å². The van der Waals surface area contributed by atoms with E-state index in [1.54, 1.807) is 42.6 Å². The molecule has 3 rings (SSSR count). The number of rotatable bonds is 5. The van der Waals surface area contributed by atoms with Crippen LogP contribution in [0.25, 0.3) is 10.9 Å². The minimum Gasteiger partial charge on any atom is -0.449 e. The normalized spacial score (nSPS) is 11.6. The fourth-order valence-electron chi connectivity index (χ4n) is 2.70. The van der Waals surface area contributed by atoms with Gasteiger partial charge in [-0.2, -0.15) is 0 Å². The molecular weight excluding hydrogens is 340 g/mol. The van der Waals surface area contributed by atoms with E-state index < -0.39 is 16.1 Å². The van der Waals surface area contributed by atoms with Crippen LogP contribution in [0.3, 0.4) is 0 Å². The lowest BCUT2D eigenvalue weighted by molar-refractivity contribution is 0.158. The first-order valence-corrected chi connectivity index (χ1v) is 9.17. The van der Waals surface area contributed by atoms with E-state index in [2.05, 4.69) is 0 Å². The smallest absolute Gasteiger partial charge is 0.404 e. The molecule has 0 aliphatic rings. The molecule has 1 amide bonds. The van der Waals surface area contributed by atoms with Gasteiger partial charge in [-0.1, -0.05) is 35.9 Å². The summed E-state index contributed by atoms with van der Waals surface area (Å²) in [5, 5.41) is 0.797. The highest BCUT2D eigenvalue weighted by Crippen LogP contribution is 2.26. The summed E-state index contributed by atoms with van der Waals surface area (Å²) in [6.07, 6.45) is 1.10. The molecule has 1 heterocycles. The van der Waals surface area contributed by atoms with Crippen LogP contribution in [0, 0.1) is 6.92 Å². The molecule has 0 unspecified atom stereocenters. The highest BCUT2D eigenvalue weighted by Gasteiger charge is 2.21. The number of nitrogens with zero attached hydrogens (tertiary/aromatic N) is 1. The van der Waals surface area contributed by atoms with Gasteiger partial charge in [0.1, 0.15) is 0 Å². The third-order valence-corrected chi connectivity index (χ3v) is 5.64. The van der Waals surface area contributed by atoms with Gasteiger partial charge in [0, 0.05) is 18.0 Å². The minimum atomic E-state index is -3.72. The van der Waals surface area contributed by atoms with Gasteiger partial charge in [-0.3, -0.25) is 0 Å². The van der Waals surface area contributed by atoms with Crippen LogP contribution in [0.4, 0.5) is 4.79 Å². The average Bonchev–Trinajstić information content (AvgIpc) is 2.95. The fraction of sp³-hybridized carbons (Fsp3) is 0.167. The van der Waals surface area contributed by atoms with Crippen molar-refractivity contribution in [1.29, 1.82) is 0 Å². The number of carbonyl (C=O) groups excluding carboxylic acids is 1. The van der Waals surface area contributed by atoms with E-state index in [9.17, 15) is 13.2 Å². The summed E-state index contributed by atoms with van der Waals surface area (Å²) in [5.74, 6) is 0. The van der Waals surface area contributed by atoms with Crippen LogP contribution in [0.15, 0.2) is 59.6 Å². The molecule has 3 aromatic rings. The van der Waals surface area contributed by atoms with Crippen LogP contribution in [0.1, 0.15) is 11.1 Å². The van der Waals surface area contributed by atoms with Crippen molar-refractivity contribution >= 4 is 27.0 Å². The number of hydrogen-bond donors (Lipinski definition) is 1. The zero-order valence-electron chi connectivity index (χ0n) is 13.7. The number of aromatic nitrogens is 1. The third-order valence-electron chi connectivity index (χ3n) is 3.95. The van der Waals surface area contributed by atoms with Crippen molar-refractivity contribution in [2.24, 2.45) is 5.73 Å². The van der Waals surface area contributed by atoms with Crippen molar-refractivity contribution in [2.45, 2.75) is 18.2 Å². The van der Waals surface area contributed by atoms with E-state index in [1.165, 1.54) is 3.97 Å². The molecule has 0 radical (unpaired) electrons. The molecule has 0 atom stereocenters. The van der Waals surface area contributed by atoms with Gasteiger partial charge < -0.3 is 10.5 Å². The molecule has 2 N–H and O–H groups in total. The lowest BCUT2D eigenvalue weighted by atomic mass is 10.1. The fourth-order valence-corrected chi connectivity index (χ4v) is 4.09. The molecule has 1 aromatic heterocycles.